The number of nitrogens with two attached hydrogens (primary N) is 1. The molecule has 6 nitrogen and oxygen atoms in total. The van der Waals surface area contributed by atoms with E-state index in [0.29, 0.717) is 17.8 Å². The summed E-state index contributed by atoms with van der Waals surface area (Å²) in [6, 6.07) is 9.33. The van der Waals surface area contributed by atoms with Gasteiger partial charge in [-0.15, -0.1) is 0 Å². The van der Waals surface area contributed by atoms with Gasteiger partial charge in [-0.25, -0.2) is 14.4 Å². The van der Waals surface area contributed by atoms with Crippen molar-refractivity contribution in [3.05, 3.63) is 72.1 Å². The number of hydrogen-bond donors (Lipinski definition) is 1. The Kier molecular flexibility index (Phi) is 4.50. The number of amides is 1. The van der Waals surface area contributed by atoms with Gasteiger partial charge in [0.1, 0.15) is 5.82 Å². The molecule has 1 aliphatic rings. The highest BCUT2D eigenvalue weighted by Crippen LogP contribution is 2.37. The molecule has 7 heteroatoms. The summed E-state index contributed by atoms with van der Waals surface area (Å²) in [5, 5.41) is 0. The minimum atomic E-state index is -0.313. The van der Waals surface area contributed by atoms with Gasteiger partial charge in [-0.05, 0) is 42.7 Å². The van der Waals surface area contributed by atoms with Gasteiger partial charge >= 0.3 is 0 Å². The van der Waals surface area contributed by atoms with E-state index >= 15 is 0 Å². The highest BCUT2D eigenvalue weighted by atomic mass is 19.1. The number of rotatable bonds is 3. The maximum absolute atomic E-state index is 13.3. The predicted octanol–water partition coefficient (Wildman–Crippen LogP) is 3.24. The van der Waals surface area contributed by atoms with Crippen molar-refractivity contribution in [2.45, 2.75) is 18.9 Å². The summed E-state index contributed by atoms with van der Waals surface area (Å²) in [7, 11) is 0. The highest BCUT2D eigenvalue weighted by molar-refractivity contribution is 5.94. The molecule has 1 atom stereocenters. The molecular formula is C20H18FN5O. The van der Waals surface area contributed by atoms with E-state index in [-0.39, 0.29) is 23.7 Å². The molecular weight excluding hydrogens is 345 g/mol. The molecule has 1 aliphatic heterocycles. The average Bonchev–Trinajstić information content (AvgIpc) is 3.18. The molecule has 1 fully saturated rings. The van der Waals surface area contributed by atoms with E-state index in [9.17, 15) is 9.18 Å². The number of benzene rings is 1. The van der Waals surface area contributed by atoms with Gasteiger partial charge < -0.3 is 10.6 Å². The second-order valence-electron chi connectivity index (χ2n) is 6.43. The molecule has 1 aromatic carbocycles. The minimum Gasteiger partial charge on any atom is -0.368 e. The lowest BCUT2D eigenvalue weighted by Gasteiger charge is -2.26. The van der Waals surface area contributed by atoms with E-state index in [1.165, 1.54) is 12.1 Å². The quantitative estimate of drug-likeness (QED) is 0.772. The Morgan fingerprint density at radius 2 is 1.89 bits per heavy atom. The standard InChI is InChI=1S/C20H18FN5O/c21-15-5-3-13(4-6-15)16-12-24-20(22)25-18(16)17-2-1-11-26(17)19(27)14-7-9-23-10-8-14/h3-10,12,17H,1-2,11H2,(H2,22,24,25)/t17-/m1/s1. The smallest absolute Gasteiger partial charge is 0.254 e. The lowest BCUT2D eigenvalue weighted by Crippen LogP contribution is -2.31. The molecule has 136 valence electrons. The van der Waals surface area contributed by atoms with Crippen LogP contribution < -0.4 is 5.73 Å². The first kappa shape index (κ1) is 17.1. The van der Waals surface area contributed by atoms with Crippen LogP contribution in [0.2, 0.25) is 0 Å². The van der Waals surface area contributed by atoms with Crippen LogP contribution in [0, 0.1) is 5.82 Å². The Morgan fingerprint density at radius 1 is 1.15 bits per heavy atom. The van der Waals surface area contributed by atoms with Gasteiger partial charge in [0, 0.05) is 36.3 Å². The van der Waals surface area contributed by atoms with E-state index in [0.717, 1.165) is 24.0 Å². The van der Waals surface area contributed by atoms with Gasteiger partial charge in [0.2, 0.25) is 5.95 Å². The van der Waals surface area contributed by atoms with Crippen molar-refractivity contribution < 1.29 is 9.18 Å². The second kappa shape index (κ2) is 7.11. The summed E-state index contributed by atoms with van der Waals surface area (Å²) in [6.07, 6.45) is 6.49. The van der Waals surface area contributed by atoms with Gasteiger partial charge in [0.25, 0.3) is 5.91 Å². The number of pyridine rings is 1. The molecule has 3 heterocycles. The molecule has 0 unspecified atom stereocenters. The summed E-state index contributed by atoms with van der Waals surface area (Å²) < 4.78 is 13.3. The van der Waals surface area contributed by atoms with Crippen LogP contribution in [0.5, 0.6) is 0 Å². The number of hydrogen-bond acceptors (Lipinski definition) is 5. The van der Waals surface area contributed by atoms with Gasteiger partial charge in [-0.3, -0.25) is 9.78 Å². The van der Waals surface area contributed by atoms with E-state index in [2.05, 4.69) is 15.0 Å². The molecule has 2 N–H and O–H groups in total. The van der Waals surface area contributed by atoms with Crippen LogP contribution in [0.4, 0.5) is 10.3 Å². The number of carbonyl (C=O) groups is 1. The fraction of sp³-hybridized carbons (Fsp3) is 0.200. The van der Waals surface area contributed by atoms with Crippen molar-refractivity contribution in [3.8, 4) is 11.1 Å². The van der Waals surface area contributed by atoms with Gasteiger partial charge in [0.05, 0.1) is 11.7 Å². The lowest BCUT2D eigenvalue weighted by molar-refractivity contribution is 0.0733. The van der Waals surface area contributed by atoms with Gasteiger partial charge in [-0.2, -0.15) is 0 Å². The second-order valence-corrected chi connectivity index (χ2v) is 6.43. The molecule has 1 saturated heterocycles. The van der Waals surface area contributed by atoms with Gasteiger partial charge in [-0.1, -0.05) is 12.1 Å². The minimum absolute atomic E-state index is 0.0675. The third-order valence-corrected chi connectivity index (χ3v) is 4.75. The molecule has 0 spiro atoms. The number of aromatic nitrogens is 3. The third-order valence-electron chi connectivity index (χ3n) is 4.75. The lowest BCUT2D eigenvalue weighted by atomic mass is 9.99. The van der Waals surface area contributed by atoms with Crippen molar-refractivity contribution >= 4 is 11.9 Å². The van der Waals surface area contributed by atoms with Crippen LogP contribution in [0.15, 0.2) is 55.0 Å². The number of nitrogens with zero attached hydrogens (tertiary/aromatic N) is 4. The highest BCUT2D eigenvalue weighted by Gasteiger charge is 2.33. The van der Waals surface area contributed by atoms with Crippen LogP contribution in [0.3, 0.4) is 0 Å². The third kappa shape index (κ3) is 3.36. The van der Waals surface area contributed by atoms with Crippen molar-refractivity contribution in [1.29, 1.82) is 0 Å². The maximum atomic E-state index is 13.3. The molecule has 0 radical (unpaired) electrons. The monoisotopic (exact) mass is 363 g/mol. The zero-order chi connectivity index (χ0) is 18.8. The van der Waals surface area contributed by atoms with E-state index < -0.39 is 0 Å². The molecule has 2 aromatic heterocycles. The first-order chi connectivity index (χ1) is 13.1. The largest absolute Gasteiger partial charge is 0.368 e. The van der Waals surface area contributed by atoms with E-state index in [1.54, 1.807) is 42.9 Å². The SMILES string of the molecule is Nc1ncc(-c2ccc(F)cc2)c([C@H]2CCCN2C(=O)c2ccncc2)n1. The summed E-state index contributed by atoms with van der Waals surface area (Å²) >= 11 is 0. The van der Waals surface area contributed by atoms with Crippen LogP contribution in [-0.2, 0) is 0 Å². The predicted molar refractivity (Wildman–Crippen MR) is 99.1 cm³/mol. The molecule has 0 bridgehead atoms. The van der Waals surface area contributed by atoms with E-state index in [1.807, 2.05) is 4.90 Å². The molecule has 4 rings (SSSR count). The fourth-order valence-electron chi connectivity index (χ4n) is 3.47. The van der Waals surface area contributed by atoms with Crippen LogP contribution in [0.25, 0.3) is 11.1 Å². The number of anilines is 1. The van der Waals surface area contributed by atoms with Crippen LogP contribution in [0.1, 0.15) is 34.9 Å². The summed E-state index contributed by atoms with van der Waals surface area (Å²) in [5.41, 5.74) is 8.65. The molecule has 0 saturated carbocycles. The van der Waals surface area contributed by atoms with Crippen LogP contribution in [-0.4, -0.2) is 32.3 Å². The van der Waals surface area contributed by atoms with Crippen molar-refractivity contribution in [2.75, 3.05) is 12.3 Å². The Labute approximate surface area is 155 Å². The van der Waals surface area contributed by atoms with Crippen molar-refractivity contribution in [2.24, 2.45) is 0 Å². The first-order valence-electron chi connectivity index (χ1n) is 8.73. The Hall–Kier alpha value is -3.35. The molecule has 1 amide bonds. The summed E-state index contributed by atoms with van der Waals surface area (Å²) in [5.74, 6) is -0.228. The number of halogens is 1. The Morgan fingerprint density at radius 3 is 2.63 bits per heavy atom. The first-order valence-corrected chi connectivity index (χ1v) is 8.73. The van der Waals surface area contributed by atoms with Crippen molar-refractivity contribution in [1.82, 2.24) is 19.9 Å². The average molecular weight is 363 g/mol. The van der Waals surface area contributed by atoms with Gasteiger partial charge in [0.15, 0.2) is 0 Å². The molecule has 0 aliphatic carbocycles. The Balaban J connectivity index is 1.74. The van der Waals surface area contributed by atoms with Crippen LogP contribution >= 0.6 is 0 Å². The van der Waals surface area contributed by atoms with Crippen molar-refractivity contribution in [3.63, 3.8) is 0 Å². The zero-order valence-corrected chi connectivity index (χ0v) is 14.5. The molecule has 3 aromatic rings. The number of nitrogen functional groups attached to an aromatic ring is 1. The zero-order valence-electron chi connectivity index (χ0n) is 14.5. The topological polar surface area (TPSA) is 85.0 Å². The Bertz CT molecular complexity index is 962. The molecule has 27 heavy (non-hydrogen) atoms. The van der Waals surface area contributed by atoms with E-state index in [4.69, 9.17) is 5.73 Å². The maximum Gasteiger partial charge on any atom is 0.254 e. The number of likely N-dealkylation sites (tertiary alicyclic amines) is 1. The summed E-state index contributed by atoms with van der Waals surface area (Å²) in [4.78, 5) is 27.3. The fourth-order valence-corrected chi connectivity index (χ4v) is 3.47. The summed E-state index contributed by atoms with van der Waals surface area (Å²) in [6.45, 7) is 0.637. The number of carbonyl (C=O) groups excluding carboxylic acids is 1. The normalized spacial score (nSPS) is 16.5.